The molecule has 0 aromatic carbocycles. The number of rotatable bonds is 3. The van der Waals surface area contributed by atoms with E-state index in [2.05, 4.69) is 15.4 Å². The Bertz CT molecular complexity index is 947. The number of carbonyl (C=O) groups is 2. The fourth-order valence-corrected chi connectivity index (χ4v) is 3.23. The van der Waals surface area contributed by atoms with Crippen molar-refractivity contribution in [2.24, 2.45) is 0 Å². The Morgan fingerprint density at radius 2 is 2.23 bits per heavy atom. The third-order valence-corrected chi connectivity index (χ3v) is 4.51. The van der Waals surface area contributed by atoms with Crippen LogP contribution < -0.4 is 5.32 Å². The maximum Gasteiger partial charge on any atom is 0.289 e. The van der Waals surface area contributed by atoms with Gasteiger partial charge in [-0.2, -0.15) is 5.10 Å². The summed E-state index contributed by atoms with van der Waals surface area (Å²) in [5, 5.41) is 7.19. The van der Waals surface area contributed by atoms with Crippen molar-refractivity contribution in [3.63, 3.8) is 0 Å². The second-order valence-corrected chi connectivity index (χ2v) is 6.50. The van der Waals surface area contributed by atoms with Gasteiger partial charge in [0.25, 0.3) is 11.8 Å². The number of fused-ring (bicyclic) bond motifs is 1. The molecule has 0 bridgehead atoms. The van der Waals surface area contributed by atoms with Crippen molar-refractivity contribution >= 4 is 17.5 Å². The summed E-state index contributed by atoms with van der Waals surface area (Å²) >= 11 is 0. The van der Waals surface area contributed by atoms with Crippen molar-refractivity contribution in [3.8, 4) is 0 Å². The smallest absolute Gasteiger partial charge is 0.289 e. The Hall–Kier alpha value is -3.16. The third-order valence-electron chi connectivity index (χ3n) is 4.51. The normalized spacial score (nSPS) is 17.4. The quantitative estimate of drug-likeness (QED) is 0.773. The first-order valence-electron chi connectivity index (χ1n) is 8.55. The number of aryl methyl sites for hydroxylation is 1. The summed E-state index contributed by atoms with van der Waals surface area (Å²) in [4.78, 5) is 31.1. The second-order valence-electron chi connectivity index (χ2n) is 6.50. The Balaban J connectivity index is 1.46. The van der Waals surface area contributed by atoms with Crippen LogP contribution in [0.4, 0.5) is 0 Å². The number of hydrogen-bond acceptors (Lipinski definition) is 5. The van der Waals surface area contributed by atoms with Crippen LogP contribution in [-0.4, -0.2) is 50.4 Å². The highest BCUT2D eigenvalue weighted by Gasteiger charge is 2.27. The molecule has 0 aliphatic carbocycles. The highest BCUT2D eigenvalue weighted by atomic mass is 16.3. The zero-order chi connectivity index (χ0) is 18.1. The van der Waals surface area contributed by atoms with E-state index in [1.54, 1.807) is 27.7 Å². The predicted octanol–water partition coefficient (Wildman–Crippen LogP) is 1.67. The lowest BCUT2D eigenvalue weighted by molar-refractivity contribution is 0.0647. The van der Waals surface area contributed by atoms with Crippen molar-refractivity contribution in [3.05, 3.63) is 53.9 Å². The topological polar surface area (TPSA) is 92.7 Å². The fraction of sp³-hybridized carbons (Fsp3) is 0.333. The molecule has 8 nitrogen and oxygen atoms in total. The van der Waals surface area contributed by atoms with Crippen LogP contribution in [0, 0.1) is 6.92 Å². The maximum atomic E-state index is 12.7. The van der Waals surface area contributed by atoms with Crippen LogP contribution in [-0.2, 0) is 0 Å². The van der Waals surface area contributed by atoms with E-state index < -0.39 is 0 Å². The van der Waals surface area contributed by atoms with Crippen molar-refractivity contribution < 1.29 is 14.0 Å². The Morgan fingerprint density at radius 3 is 3.04 bits per heavy atom. The van der Waals surface area contributed by atoms with E-state index in [-0.39, 0.29) is 17.9 Å². The van der Waals surface area contributed by atoms with Crippen molar-refractivity contribution in [1.82, 2.24) is 24.8 Å². The summed E-state index contributed by atoms with van der Waals surface area (Å²) in [5.74, 6) is -0.0603. The molecule has 0 spiro atoms. The van der Waals surface area contributed by atoms with E-state index in [0.29, 0.717) is 30.1 Å². The molecule has 26 heavy (non-hydrogen) atoms. The van der Waals surface area contributed by atoms with Crippen molar-refractivity contribution in [2.45, 2.75) is 25.8 Å². The molecule has 1 aliphatic heterocycles. The van der Waals surface area contributed by atoms with Crippen molar-refractivity contribution in [2.75, 3.05) is 13.1 Å². The second kappa shape index (κ2) is 6.62. The molecule has 134 valence electrons. The molecule has 1 fully saturated rings. The van der Waals surface area contributed by atoms with Gasteiger partial charge in [-0.25, -0.2) is 9.50 Å². The van der Waals surface area contributed by atoms with E-state index >= 15 is 0 Å². The predicted molar refractivity (Wildman–Crippen MR) is 92.8 cm³/mol. The van der Waals surface area contributed by atoms with Crippen LogP contribution in [0.1, 0.15) is 39.3 Å². The number of amides is 2. The van der Waals surface area contributed by atoms with Gasteiger partial charge in [0.05, 0.1) is 12.5 Å². The standard InChI is InChI=1S/C18H19N5O3/c1-12-8-19-16-14(9-20-23(16)10-12)17(24)21-13-4-2-6-22(11-13)18(25)15-5-3-7-26-15/h3,5,7-10,13H,2,4,6,11H2,1H3,(H,21,24). The number of furan rings is 1. The minimum Gasteiger partial charge on any atom is -0.459 e. The summed E-state index contributed by atoms with van der Waals surface area (Å²) < 4.78 is 6.78. The van der Waals surface area contributed by atoms with Gasteiger partial charge in [0, 0.05) is 31.5 Å². The Labute approximate surface area is 149 Å². The van der Waals surface area contributed by atoms with E-state index in [4.69, 9.17) is 4.42 Å². The number of hydrogen-bond donors (Lipinski definition) is 1. The molecule has 1 unspecified atom stereocenters. The highest BCUT2D eigenvalue weighted by molar-refractivity contribution is 5.99. The van der Waals surface area contributed by atoms with Gasteiger partial charge in [-0.15, -0.1) is 0 Å². The van der Waals surface area contributed by atoms with Gasteiger partial charge in [-0.3, -0.25) is 9.59 Å². The molecular formula is C18H19N5O3. The number of nitrogens with zero attached hydrogens (tertiary/aromatic N) is 4. The number of piperidine rings is 1. The lowest BCUT2D eigenvalue weighted by Crippen LogP contribution is -2.49. The summed E-state index contributed by atoms with van der Waals surface area (Å²) in [7, 11) is 0. The minimum atomic E-state index is -0.228. The monoisotopic (exact) mass is 353 g/mol. The van der Waals surface area contributed by atoms with Gasteiger partial charge < -0.3 is 14.6 Å². The van der Waals surface area contributed by atoms with Gasteiger partial charge in [0.15, 0.2) is 11.4 Å². The first-order chi connectivity index (χ1) is 12.6. The van der Waals surface area contributed by atoms with E-state index in [9.17, 15) is 9.59 Å². The fourth-order valence-electron chi connectivity index (χ4n) is 3.23. The first-order valence-corrected chi connectivity index (χ1v) is 8.55. The SMILES string of the molecule is Cc1cnc2c(C(=O)NC3CCCN(C(=O)c4ccco4)C3)cnn2c1. The highest BCUT2D eigenvalue weighted by Crippen LogP contribution is 2.16. The lowest BCUT2D eigenvalue weighted by Gasteiger charge is -2.32. The number of carbonyl (C=O) groups excluding carboxylic acids is 2. The maximum absolute atomic E-state index is 12.7. The summed E-state index contributed by atoms with van der Waals surface area (Å²) in [6.45, 7) is 3.03. The molecule has 1 N–H and O–H groups in total. The molecule has 1 atom stereocenters. The van der Waals surface area contributed by atoms with Crippen molar-refractivity contribution in [1.29, 1.82) is 0 Å². The molecular weight excluding hydrogens is 334 g/mol. The molecule has 4 heterocycles. The van der Waals surface area contributed by atoms with Crippen LogP contribution >= 0.6 is 0 Å². The van der Waals surface area contributed by atoms with Crippen LogP contribution in [0.3, 0.4) is 0 Å². The van der Waals surface area contributed by atoms with Crippen LogP contribution in [0.15, 0.2) is 41.4 Å². The molecule has 8 heteroatoms. The Morgan fingerprint density at radius 1 is 1.35 bits per heavy atom. The van der Waals surface area contributed by atoms with Crippen LogP contribution in [0.5, 0.6) is 0 Å². The Kier molecular flexibility index (Phi) is 4.16. The van der Waals surface area contributed by atoms with Gasteiger partial charge in [-0.05, 0) is 37.5 Å². The number of aromatic nitrogens is 3. The summed E-state index contributed by atoms with van der Waals surface area (Å²) in [6.07, 6.45) is 8.17. The molecule has 3 aromatic heterocycles. The molecule has 2 amide bonds. The van der Waals surface area contributed by atoms with Gasteiger partial charge in [0.1, 0.15) is 5.56 Å². The average molecular weight is 353 g/mol. The summed E-state index contributed by atoms with van der Waals surface area (Å²) in [5.41, 5.74) is 1.92. The molecule has 1 saturated heterocycles. The average Bonchev–Trinajstić information content (AvgIpc) is 3.30. The van der Waals surface area contributed by atoms with Crippen LogP contribution in [0.2, 0.25) is 0 Å². The van der Waals surface area contributed by atoms with Gasteiger partial charge in [-0.1, -0.05) is 0 Å². The third kappa shape index (κ3) is 3.05. The van der Waals surface area contributed by atoms with Crippen LogP contribution in [0.25, 0.3) is 5.65 Å². The molecule has 0 saturated carbocycles. The largest absolute Gasteiger partial charge is 0.459 e. The van der Waals surface area contributed by atoms with E-state index in [1.165, 1.54) is 12.5 Å². The first kappa shape index (κ1) is 16.3. The summed E-state index contributed by atoms with van der Waals surface area (Å²) in [6, 6.07) is 3.23. The van der Waals surface area contributed by atoms with Gasteiger partial charge in [0.2, 0.25) is 0 Å². The van der Waals surface area contributed by atoms with E-state index in [1.807, 2.05) is 13.1 Å². The molecule has 0 radical (unpaired) electrons. The molecule has 1 aliphatic rings. The number of likely N-dealkylation sites (tertiary alicyclic amines) is 1. The zero-order valence-corrected chi connectivity index (χ0v) is 14.4. The lowest BCUT2D eigenvalue weighted by atomic mass is 10.0. The zero-order valence-electron chi connectivity index (χ0n) is 14.4. The van der Waals surface area contributed by atoms with Gasteiger partial charge >= 0.3 is 0 Å². The van der Waals surface area contributed by atoms with E-state index in [0.717, 1.165) is 18.4 Å². The minimum absolute atomic E-state index is 0.115. The molecule has 4 rings (SSSR count). The number of nitrogens with one attached hydrogen (secondary N) is 1. The molecule has 3 aromatic rings.